The first-order valence-corrected chi connectivity index (χ1v) is 8.05. The van der Waals surface area contributed by atoms with E-state index in [9.17, 15) is 14.9 Å². The monoisotopic (exact) mass is 385 g/mol. The number of thioether (sulfide) groups is 1. The molecule has 0 fully saturated rings. The minimum Gasteiger partial charge on any atom is -0.324 e. The van der Waals surface area contributed by atoms with Crippen molar-refractivity contribution in [3.8, 4) is 0 Å². The molecule has 8 nitrogen and oxygen atoms in total. The number of halogens is 1. The molecular formula is C12H12BrN5O3S. The van der Waals surface area contributed by atoms with Gasteiger partial charge < -0.3 is 5.32 Å². The molecule has 0 spiro atoms. The molecule has 0 atom stereocenters. The number of amides is 1. The van der Waals surface area contributed by atoms with Crippen LogP contribution in [0.5, 0.6) is 0 Å². The lowest BCUT2D eigenvalue weighted by atomic mass is 10.3. The lowest BCUT2D eigenvalue weighted by Gasteiger charge is -2.06. The Balaban J connectivity index is 1.93. The summed E-state index contributed by atoms with van der Waals surface area (Å²) in [5.41, 5.74) is 0.424. The third-order valence-electron chi connectivity index (χ3n) is 2.62. The number of nitro benzene ring substituents is 1. The van der Waals surface area contributed by atoms with Crippen molar-refractivity contribution in [2.75, 3.05) is 11.1 Å². The number of aromatic nitrogens is 3. The van der Waals surface area contributed by atoms with Gasteiger partial charge in [-0.25, -0.2) is 4.98 Å². The van der Waals surface area contributed by atoms with Crippen molar-refractivity contribution in [1.29, 1.82) is 0 Å². The first kappa shape index (κ1) is 16.4. The number of carbonyl (C=O) groups is 1. The van der Waals surface area contributed by atoms with Gasteiger partial charge >= 0.3 is 0 Å². The number of aromatic amines is 1. The summed E-state index contributed by atoms with van der Waals surface area (Å²) < 4.78 is 0.450. The zero-order valence-corrected chi connectivity index (χ0v) is 13.9. The van der Waals surface area contributed by atoms with Crippen molar-refractivity contribution in [2.45, 2.75) is 18.5 Å². The number of rotatable bonds is 6. The van der Waals surface area contributed by atoms with Crippen molar-refractivity contribution in [2.24, 2.45) is 0 Å². The van der Waals surface area contributed by atoms with Crippen LogP contribution in [0.4, 0.5) is 11.4 Å². The van der Waals surface area contributed by atoms with E-state index in [-0.39, 0.29) is 17.3 Å². The molecule has 116 valence electrons. The number of aryl methyl sites for hydroxylation is 1. The summed E-state index contributed by atoms with van der Waals surface area (Å²) in [5.74, 6) is 0.660. The quantitative estimate of drug-likeness (QED) is 0.448. The number of benzene rings is 1. The Morgan fingerprint density at radius 3 is 2.91 bits per heavy atom. The smallest absolute Gasteiger partial charge is 0.270 e. The Morgan fingerprint density at radius 2 is 2.32 bits per heavy atom. The lowest BCUT2D eigenvalue weighted by Crippen LogP contribution is -2.14. The van der Waals surface area contributed by atoms with Gasteiger partial charge in [0, 0.05) is 23.0 Å². The van der Waals surface area contributed by atoms with Gasteiger partial charge in [0.25, 0.3) is 5.69 Å². The van der Waals surface area contributed by atoms with Crippen LogP contribution in [-0.4, -0.2) is 31.8 Å². The molecular weight excluding hydrogens is 374 g/mol. The van der Waals surface area contributed by atoms with Crippen LogP contribution in [-0.2, 0) is 11.2 Å². The average molecular weight is 386 g/mol. The van der Waals surface area contributed by atoms with Crippen molar-refractivity contribution < 1.29 is 9.72 Å². The Hall–Kier alpha value is -1.94. The van der Waals surface area contributed by atoms with E-state index in [1.54, 1.807) is 0 Å². The standard InChI is InChI=1S/C12H12BrN5O3S/c1-2-10-15-12(17-16-10)22-6-11(19)14-9-4-3-7(18(20)21)5-8(9)13/h3-5H,2,6H2,1H3,(H,14,19)(H,15,16,17). The third-order valence-corrected chi connectivity index (χ3v) is 4.12. The number of nitro groups is 1. The normalized spacial score (nSPS) is 10.5. The van der Waals surface area contributed by atoms with Crippen LogP contribution in [0.3, 0.4) is 0 Å². The average Bonchev–Trinajstić information content (AvgIpc) is 2.95. The highest BCUT2D eigenvalue weighted by atomic mass is 79.9. The summed E-state index contributed by atoms with van der Waals surface area (Å²) in [6, 6.07) is 4.15. The molecule has 0 aliphatic rings. The molecule has 2 rings (SSSR count). The molecule has 2 aromatic rings. The van der Waals surface area contributed by atoms with Gasteiger partial charge in [-0.2, -0.15) is 0 Å². The van der Waals surface area contributed by atoms with E-state index in [0.717, 1.165) is 12.2 Å². The van der Waals surface area contributed by atoms with Crippen molar-refractivity contribution >= 4 is 45.0 Å². The Bertz CT molecular complexity index is 706. The largest absolute Gasteiger partial charge is 0.324 e. The molecule has 0 aliphatic heterocycles. The summed E-state index contributed by atoms with van der Waals surface area (Å²) in [7, 11) is 0. The number of non-ortho nitro benzene ring substituents is 1. The predicted molar refractivity (Wildman–Crippen MR) is 85.9 cm³/mol. The molecule has 1 amide bonds. The van der Waals surface area contributed by atoms with E-state index in [2.05, 4.69) is 36.4 Å². The number of carbonyl (C=O) groups excluding carboxylic acids is 1. The predicted octanol–water partition coefficient (Wildman–Crippen LogP) is 2.77. The van der Waals surface area contributed by atoms with Gasteiger partial charge in [-0.1, -0.05) is 18.7 Å². The highest BCUT2D eigenvalue weighted by molar-refractivity contribution is 9.10. The molecule has 0 radical (unpaired) electrons. The summed E-state index contributed by atoms with van der Waals surface area (Å²) >= 11 is 4.41. The third kappa shape index (κ3) is 4.28. The highest BCUT2D eigenvalue weighted by Gasteiger charge is 2.12. The lowest BCUT2D eigenvalue weighted by molar-refractivity contribution is -0.384. The highest BCUT2D eigenvalue weighted by Crippen LogP contribution is 2.27. The fourth-order valence-electron chi connectivity index (χ4n) is 1.54. The van der Waals surface area contributed by atoms with Gasteiger partial charge in [0.05, 0.1) is 16.4 Å². The molecule has 1 aromatic carbocycles. The number of nitrogens with one attached hydrogen (secondary N) is 2. The van der Waals surface area contributed by atoms with Crippen molar-refractivity contribution in [3.05, 3.63) is 38.6 Å². The fraction of sp³-hybridized carbons (Fsp3) is 0.250. The molecule has 0 saturated carbocycles. The molecule has 0 unspecified atom stereocenters. The second-order valence-corrected chi connectivity index (χ2v) is 5.97. The van der Waals surface area contributed by atoms with Gasteiger partial charge in [-0.05, 0) is 22.0 Å². The van der Waals surface area contributed by atoms with E-state index >= 15 is 0 Å². The number of hydrogen-bond acceptors (Lipinski definition) is 6. The number of hydrogen-bond donors (Lipinski definition) is 2. The van der Waals surface area contributed by atoms with E-state index < -0.39 is 4.92 Å². The molecule has 1 aromatic heterocycles. The number of anilines is 1. The van der Waals surface area contributed by atoms with Crippen molar-refractivity contribution in [1.82, 2.24) is 15.2 Å². The minimum atomic E-state index is -0.499. The zero-order valence-electron chi connectivity index (χ0n) is 11.5. The van der Waals surface area contributed by atoms with E-state index in [0.29, 0.717) is 15.3 Å². The SMILES string of the molecule is CCc1nc(SCC(=O)Nc2ccc([N+](=O)[O-])cc2Br)n[nH]1. The van der Waals surface area contributed by atoms with Crippen LogP contribution in [0.1, 0.15) is 12.7 Å². The Kier molecular flexibility index (Phi) is 5.50. The van der Waals surface area contributed by atoms with Crippen LogP contribution in [0.2, 0.25) is 0 Å². The van der Waals surface area contributed by atoms with Crippen LogP contribution >= 0.6 is 27.7 Å². The molecule has 1 heterocycles. The van der Waals surface area contributed by atoms with Crippen LogP contribution in [0.25, 0.3) is 0 Å². The van der Waals surface area contributed by atoms with Gasteiger partial charge in [0.1, 0.15) is 5.82 Å². The summed E-state index contributed by atoms with van der Waals surface area (Å²) in [6.07, 6.45) is 0.746. The second-order valence-electron chi connectivity index (χ2n) is 4.18. The minimum absolute atomic E-state index is 0.0490. The Morgan fingerprint density at radius 1 is 1.55 bits per heavy atom. The number of nitrogens with zero attached hydrogens (tertiary/aromatic N) is 3. The van der Waals surface area contributed by atoms with Crippen LogP contribution < -0.4 is 5.32 Å². The fourth-order valence-corrected chi connectivity index (χ4v) is 2.62. The molecule has 0 saturated heterocycles. The van der Waals surface area contributed by atoms with E-state index in [1.165, 1.54) is 30.0 Å². The van der Waals surface area contributed by atoms with Crippen LogP contribution in [0.15, 0.2) is 27.8 Å². The zero-order chi connectivity index (χ0) is 16.1. The first-order valence-electron chi connectivity index (χ1n) is 6.27. The second kappa shape index (κ2) is 7.36. The van der Waals surface area contributed by atoms with Gasteiger partial charge in [0.15, 0.2) is 0 Å². The van der Waals surface area contributed by atoms with E-state index in [1.807, 2.05) is 6.92 Å². The van der Waals surface area contributed by atoms with Gasteiger partial charge in [-0.15, -0.1) is 5.10 Å². The maximum Gasteiger partial charge on any atom is 0.270 e. The summed E-state index contributed by atoms with van der Waals surface area (Å²) in [4.78, 5) is 26.2. The summed E-state index contributed by atoms with van der Waals surface area (Å²) in [5, 5.41) is 20.6. The molecule has 0 aliphatic carbocycles. The van der Waals surface area contributed by atoms with Gasteiger partial charge in [0.2, 0.25) is 11.1 Å². The maximum absolute atomic E-state index is 11.9. The van der Waals surface area contributed by atoms with Crippen LogP contribution in [0, 0.1) is 10.1 Å². The van der Waals surface area contributed by atoms with Crippen molar-refractivity contribution in [3.63, 3.8) is 0 Å². The first-order chi connectivity index (χ1) is 10.5. The van der Waals surface area contributed by atoms with Gasteiger partial charge in [-0.3, -0.25) is 20.0 Å². The number of H-pyrrole nitrogens is 1. The Labute approximate surface area is 138 Å². The molecule has 10 heteroatoms. The molecule has 22 heavy (non-hydrogen) atoms. The topological polar surface area (TPSA) is 114 Å². The summed E-state index contributed by atoms with van der Waals surface area (Å²) in [6.45, 7) is 1.95. The van der Waals surface area contributed by atoms with E-state index in [4.69, 9.17) is 0 Å². The maximum atomic E-state index is 11.9. The molecule has 0 bridgehead atoms. The molecule has 2 N–H and O–H groups in total.